The van der Waals surface area contributed by atoms with Crippen molar-refractivity contribution in [3.05, 3.63) is 91.0 Å². The molecule has 3 heterocycles. The van der Waals surface area contributed by atoms with E-state index in [9.17, 15) is 14.7 Å². The van der Waals surface area contributed by atoms with Gasteiger partial charge in [0.1, 0.15) is 11.8 Å². The second-order valence-electron chi connectivity index (χ2n) is 8.33. The number of hydrogen-bond acceptors (Lipinski definition) is 10. The van der Waals surface area contributed by atoms with Gasteiger partial charge in [-0.1, -0.05) is 69.4 Å². The molecule has 0 saturated heterocycles. The largest absolute Gasteiger partial charge is 0.503 e. The summed E-state index contributed by atoms with van der Waals surface area (Å²) in [5.74, 6) is -0.673. The van der Waals surface area contributed by atoms with Crippen LogP contribution in [0.25, 0.3) is 0 Å². The number of Topliss-reactive ketones (excluding diaryl/α,β-unsaturated/α-hetero) is 1. The molecule has 12 heteroatoms. The van der Waals surface area contributed by atoms with Crippen molar-refractivity contribution in [1.29, 1.82) is 0 Å². The van der Waals surface area contributed by atoms with E-state index in [1.54, 1.807) is 32.0 Å². The number of rotatable bonds is 8. The summed E-state index contributed by atoms with van der Waals surface area (Å²) < 4.78 is 6.98. The predicted molar refractivity (Wildman–Crippen MR) is 152 cm³/mol. The Labute approximate surface area is 239 Å². The van der Waals surface area contributed by atoms with Crippen molar-refractivity contribution in [3.8, 4) is 5.75 Å². The summed E-state index contributed by atoms with van der Waals surface area (Å²) in [6, 6.07) is 14.3. The highest BCUT2D eigenvalue weighted by Crippen LogP contribution is 2.47. The number of aryl methyl sites for hydroxylation is 2. The maximum Gasteiger partial charge on any atom is 0.296 e. The first-order valence-electron chi connectivity index (χ1n) is 11.4. The third-order valence-electron chi connectivity index (χ3n) is 5.86. The second kappa shape index (κ2) is 11.0. The second-order valence-corrected chi connectivity index (χ2v) is 12.6. The minimum atomic E-state index is -0.982. The van der Waals surface area contributed by atoms with Crippen LogP contribution in [0.3, 0.4) is 0 Å². The first-order valence-corrected chi connectivity index (χ1v) is 14.8. The molecule has 0 fully saturated rings. The lowest BCUT2D eigenvalue weighted by Crippen LogP contribution is -2.31. The highest BCUT2D eigenvalue weighted by atomic mass is 79.9. The summed E-state index contributed by atoms with van der Waals surface area (Å²) in [5.41, 5.74) is 2.15. The highest BCUT2D eigenvalue weighted by molar-refractivity contribution is 9.10. The number of carbonyl (C=O) groups excluding carboxylic acids is 2. The number of ether oxygens (including phenoxy) is 1. The van der Waals surface area contributed by atoms with Gasteiger partial charge < -0.3 is 9.84 Å². The van der Waals surface area contributed by atoms with Crippen LogP contribution in [0.4, 0.5) is 5.13 Å². The number of aromatic nitrogens is 3. The zero-order valence-corrected chi connectivity index (χ0v) is 24.5. The third kappa shape index (κ3) is 5.00. The number of aliphatic hydroxyl groups is 1. The number of halogens is 1. The highest BCUT2D eigenvalue weighted by Gasteiger charge is 2.47. The fourth-order valence-electron chi connectivity index (χ4n) is 4.19. The molecule has 0 bridgehead atoms. The lowest BCUT2D eigenvalue weighted by atomic mass is 9.94. The lowest BCUT2D eigenvalue weighted by molar-refractivity contribution is -0.117. The lowest BCUT2D eigenvalue weighted by Gasteiger charge is -2.25. The Hall–Kier alpha value is -3.06. The van der Waals surface area contributed by atoms with Crippen molar-refractivity contribution >= 4 is 67.2 Å². The van der Waals surface area contributed by atoms with Crippen LogP contribution in [0.15, 0.2) is 68.7 Å². The standard InChI is InChI=1S/C26H21BrN4O4S3/c1-13-23(37-14(2)28-13)21(32)19-20(17-11-16(27)9-10-18(17)35-3)31(24(34)22(19)33)25-29-30-26(38-25)36-12-15-7-5-4-6-8-15/h4-11,20,33H,12H2,1-3H3. The van der Waals surface area contributed by atoms with Crippen LogP contribution in [-0.4, -0.2) is 39.1 Å². The summed E-state index contributed by atoms with van der Waals surface area (Å²) in [6.45, 7) is 3.54. The number of hydrogen-bond donors (Lipinski definition) is 1. The number of anilines is 1. The molecular formula is C26H21BrN4O4S3. The summed E-state index contributed by atoms with van der Waals surface area (Å²) in [4.78, 5) is 33.4. The number of amides is 1. The van der Waals surface area contributed by atoms with Crippen LogP contribution in [0.5, 0.6) is 5.75 Å². The molecule has 2 aromatic carbocycles. The van der Waals surface area contributed by atoms with Gasteiger partial charge in [-0.3, -0.25) is 14.5 Å². The maximum absolute atomic E-state index is 13.8. The van der Waals surface area contributed by atoms with Crippen LogP contribution in [-0.2, 0) is 10.5 Å². The number of thioether (sulfide) groups is 1. The van der Waals surface area contributed by atoms with Crippen LogP contribution in [0, 0.1) is 13.8 Å². The summed E-state index contributed by atoms with van der Waals surface area (Å²) in [5, 5.41) is 20.6. The zero-order chi connectivity index (χ0) is 27.0. The molecule has 0 radical (unpaired) electrons. The minimum absolute atomic E-state index is 0.0492. The number of benzene rings is 2. The fourth-order valence-corrected chi connectivity index (χ4v) is 7.27. The van der Waals surface area contributed by atoms with E-state index in [1.165, 1.54) is 46.4 Å². The van der Waals surface area contributed by atoms with Crippen LogP contribution >= 0.6 is 50.4 Å². The molecule has 0 aliphatic carbocycles. The number of methoxy groups -OCH3 is 1. The van der Waals surface area contributed by atoms with Gasteiger partial charge in [-0.25, -0.2) is 4.98 Å². The molecule has 1 aliphatic rings. The van der Waals surface area contributed by atoms with Crippen molar-refractivity contribution in [2.24, 2.45) is 0 Å². The molecule has 4 aromatic rings. The molecule has 1 amide bonds. The van der Waals surface area contributed by atoms with Gasteiger partial charge in [0, 0.05) is 15.8 Å². The molecule has 1 aliphatic heterocycles. The quantitative estimate of drug-likeness (QED) is 0.135. The van der Waals surface area contributed by atoms with Gasteiger partial charge in [0.05, 0.1) is 28.3 Å². The van der Waals surface area contributed by atoms with Crippen molar-refractivity contribution in [2.75, 3.05) is 12.0 Å². The van der Waals surface area contributed by atoms with E-state index >= 15 is 0 Å². The Morgan fingerprint density at radius 1 is 1.16 bits per heavy atom. The van der Waals surface area contributed by atoms with Gasteiger partial charge in [-0.15, -0.1) is 21.5 Å². The Morgan fingerprint density at radius 3 is 2.61 bits per heavy atom. The monoisotopic (exact) mass is 628 g/mol. The molecule has 2 aromatic heterocycles. The van der Waals surface area contributed by atoms with Gasteiger partial charge in [-0.05, 0) is 37.6 Å². The van der Waals surface area contributed by atoms with Crippen molar-refractivity contribution in [1.82, 2.24) is 15.2 Å². The summed E-state index contributed by atoms with van der Waals surface area (Å²) in [6.07, 6.45) is 0. The van der Waals surface area contributed by atoms with Crippen molar-refractivity contribution < 1.29 is 19.4 Å². The van der Waals surface area contributed by atoms with E-state index in [2.05, 4.69) is 31.1 Å². The number of thiazole rings is 1. The topological polar surface area (TPSA) is 106 Å². The number of nitrogens with zero attached hydrogens (tertiary/aromatic N) is 4. The molecule has 0 spiro atoms. The Bertz CT molecular complexity index is 1570. The molecule has 1 unspecified atom stereocenters. The summed E-state index contributed by atoms with van der Waals surface area (Å²) in [7, 11) is 1.51. The van der Waals surface area contributed by atoms with Gasteiger partial charge in [0.25, 0.3) is 5.91 Å². The third-order valence-corrected chi connectivity index (χ3v) is 9.55. The average Bonchev–Trinajstić information content (AvgIpc) is 3.58. The number of aliphatic hydroxyl groups excluding tert-OH is 1. The Morgan fingerprint density at radius 2 is 1.92 bits per heavy atom. The molecule has 38 heavy (non-hydrogen) atoms. The van der Waals surface area contributed by atoms with E-state index in [4.69, 9.17) is 4.74 Å². The predicted octanol–water partition coefficient (Wildman–Crippen LogP) is 6.46. The molecule has 0 saturated carbocycles. The first kappa shape index (κ1) is 26.5. The molecule has 5 rings (SSSR count). The Balaban J connectivity index is 1.58. The van der Waals surface area contributed by atoms with Crippen LogP contribution in [0.1, 0.15) is 37.5 Å². The molecule has 194 valence electrons. The van der Waals surface area contributed by atoms with Crippen molar-refractivity contribution in [2.45, 2.75) is 30.0 Å². The smallest absolute Gasteiger partial charge is 0.296 e. The van der Waals surface area contributed by atoms with E-state index < -0.39 is 23.5 Å². The number of carbonyl (C=O) groups is 2. The van der Waals surface area contributed by atoms with Gasteiger partial charge >= 0.3 is 0 Å². The zero-order valence-electron chi connectivity index (χ0n) is 20.5. The van der Waals surface area contributed by atoms with E-state index in [0.29, 0.717) is 37.0 Å². The molecular weight excluding hydrogens is 608 g/mol. The molecule has 1 N–H and O–H groups in total. The van der Waals surface area contributed by atoms with Gasteiger partial charge in [0.15, 0.2) is 10.1 Å². The van der Waals surface area contributed by atoms with E-state index in [1.807, 2.05) is 30.3 Å². The van der Waals surface area contributed by atoms with Gasteiger partial charge in [-0.2, -0.15) is 0 Å². The minimum Gasteiger partial charge on any atom is -0.503 e. The van der Waals surface area contributed by atoms with Gasteiger partial charge in [0.2, 0.25) is 10.9 Å². The number of ketones is 1. The molecule has 8 nitrogen and oxygen atoms in total. The summed E-state index contributed by atoms with van der Waals surface area (Å²) >= 11 is 7.43. The molecule has 1 atom stereocenters. The fraction of sp³-hybridized carbons (Fsp3) is 0.192. The average molecular weight is 630 g/mol. The first-order chi connectivity index (χ1) is 18.3. The van der Waals surface area contributed by atoms with E-state index in [-0.39, 0.29) is 10.7 Å². The van der Waals surface area contributed by atoms with E-state index in [0.717, 1.165) is 10.0 Å². The maximum atomic E-state index is 13.8. The van der Waals surface area contributed by atoms with Crippen LogP contribution in [0.2, 0.25) is 0 Å². The normalized spacial score (nSPS) is 15.4. The SMILES string of the molecule is COc1ccc(Br)cc1C1C(C(=O)c2sc(C)nc2C)=C(O)C(=O)N1c1nnc(SCc2ccccc2)s1. The Kier molecular flexibility index (Phi) is 7.66. The van der Waals surface area contributed by atoms with Crippen LogP contribution < -0.4 is 9.64 Å². The van der Waals surface area contributed by atoms with Crippen molar-refractivity contribution in [3.63, 3.8) is 0 Å².